The molecule has 1 aromatic rings. The normalized spacial score (nSPS) is 22.3. The first-order chi connectivity index (χ1) is 6.77. The Hall–Kier alpha value is -0.960. The highest BCUT2D eigenvalue weighted by Gasteiger charge is 2.18. The fraction of sp³-hybridized carbons (Fsp3) is 0.455. The summed E-state index contributed by atoms with van der Waals surface area (Å²) in [6, 6.07) is 3.85. The molecule has 1 heterocycles. The van der Waals surface area contributed by atoms with E-state index in [0.717, 1.165) is 32.0 Å². The van der Waals surface area contributed by atoms with Gasteiger partial charge in [0.2, 0.25) is 0 Å². The average Bonchev–Trinajstić information content (AvgIpc) is 2.19. The highest BCUT2D eigenvalue weighted by Crippen LogP contribution is 2.25. The molecule has 1 N–H and O–H groups in total. The van der Waals surface area contributed by atoms with Crippen LogP contribution >= 0.6 is 0 Å². The van der Waals surface area contributed by atoms with Gasteiger partial charge >= 0.3 is 0 Å². The van der Waals surface area contributed by atoms with Crippen LogP contribution in [0.2, 0.25) is 0 Å². The minimum atomic E-state index is -0.505. The van der Waals surface area contributed by atoms with E-state index in [4.69, 9.17) is 0 Å². The van der Waals surface area contributed by atoms with Gasteiger partial charge in [-0.05, 0) is 36.9 Å². The van der Waals surface area contributed by atoms with E-state index in [1.807, 2.05) is 0 Å². The molecule has 0 unspecified atom stereocenters. The van der Waals surface area contributed by atoms with Crippen molar-refractivity contribution in [2.24, 2.45) is 0 Å². The highest BCUT2D eigenvalue weighted by molar-refractivity contribution is 5.23. The smallest absolute Gasteiger partial charge is 0.129 e. The van der Waals surface area contributed by atoms with Crippen molar-refractivity contribution in [1.29, 1.82) is 0 Å². The van der Waals surface area contributed by atoms with E-state index >= 15 is 0 Å². The van der Waals surface area contributed by atoms with E-state index in [-0.39, 0.29) is 5.92 Å². The molecule has 0 spiro atoms. The SMILES string of the molecule is Fc1ccc([C@H]2CCCNC2)c(F)c1. The average molecular weight is 197 g/mol. The van der Waals surface area contributed by atoms with E-state index in [1.54, 1.807) is 6.07 Å². The Morgan fingerprint density at radius 2 is 2.14 bits per heavy atom. The molecule has 1 aromatic carbocycles. The minimum Gasteiger partial charge on any atom is -0.316 e. The Balaban J connectivity index is 2.22. The van der Waals surface area contributed by atoms with Crippen molar-refractivity contribution in [3.8, 4) is 0 Å². The molecule has 1 saturated heterocycles. The van der Waals surface area contributed by atoms with Gasteiger partial charge in [0, 0.05) is 12.6 Å². The van der Waals surface area contributed by atoms with Crippen molar-refractivity contribution in [1.82, 2.24) is 5.32 Å². The number of hydrogen-bond donors (Lipinski definition) is 1. The van der Waals surface area contributed by atoms with Gasteiger partial charge in [-0.1, -0.05) is 6.07 Å². The lowest BCUT2D eigenvalue weighted by atomic mass is 9.91. The van der Waals surface area contributed by atoms with Crippen LogP contribution in [0.3, 0.4) is 0 Å². The van der Waals surface area contributed by atoms with E-state index in [1.165, 1.54) is 6.07 Å². The zero-order valence-corrected chi connectivity index (χ0v) is 7.89. The Morgan fingerprint density at radius 1 is 1.29 bits per heavy atom. The summed E-state index contributed by atoms with van der Waals surface area (Å²) in [4.78, 5) is 0. The van der Waals surface area contributed by atoms with Crippen molar-refractivity contribution in [2.75, 3.05) is 13.1 Å². The number of benzene rings is 1. The number of rotatable bonds is 1. The zero-order valence-electron chi connectivity index (χ0n) is 7.89. The predicted molar refractivity (Wildman–Crippen MR) is 51.2 cm³/mol. The fourth-order valence-electron chi connectivity index (χ4n) is 1.95. The summed E-state index contributed by atoms with van der Waals surface area (Å²) in [5.74, 6) is -0.724. The van der Waals surface area contributed by atoms with Gasteiger partial charge in [-0.25, -0.2) is 8.78 Å². The highest BCUT2D eigenvalue weighted by atomic mass is 19.1. The lowest BCUT2D eigenvalue weighted by molar-refractivity contribution is 0.444. The Morgan fingerprint density at radius 3 is 2.79 bits per heavy atom. The molecule has 0 radical (unpaired) electrons. The van der Waals surface area contributed by atoms with Crippen LogP contribution in [-0.2, 0) is 0 Å². The molecule has 0 saturated carbocycles. The van der Waals surface area contributed by atoms with Gasteiger partial charge in [0.25, 0.3) is 0 Å². The maximum Gasteiger partial charge on any atom is 0.129 e. The molecule has 1 aliphatic rings. The van der Waals surface area contributed by atoms with Crippen molar-refractivity contribution < 1.29 is 8.78 Å². The summed E-state index contributed by atoms with van der Waals surface area (Å²) in [7, 11) is 0. The summed E-state index contributed by atoms with van der Waals surface area (Å²) in [6.07, 6.45) is 2.04. The van der Waals surface area contributed by atoms with Gasteiger partial charge in [-0.3, -0.25) is 0 Å². The summed E-state index contributed by atoms with van der Waals surface area (Å²) in [5, 5.41) is 3.21. The third-order valence-electron chi connectivity index (χ3n) is 2.70. The van der Waals surface area contributed by atoms with E-state index in [0.29, 0.717) is 5.56 Å². The first-order valence-electron chi connectivity index (χ1n) is 4.93. The maximum atomic E-state index is 13.4. The van der Waals surface area contributed by atoms with Crippen molar-refractivity contribution >= 4 is 0 Å². The quantitative estimate of drug-likeness (QED) is 0.729. The second kappa shape index (κ2) is 4.05. The largest absolute Gasteiger partial charge is 0.316 e. The lowest BCUT2D eigenvalue weighted by Crippen LogP contribution is -2.28. The lowest BCUT2D eigenvalue weighted by Gasteiger charge is -2.23. The second-order valence-corrected chi connectivity index (χ2v) is 3.71. The zero-order chi connectivity index (χ0) is 9.97. The molecule has 1 nitrogen and oxygen atoms in total. The third kappa shape index (κ3) is 1.93. The maximum absolute atomic E-state index is 13.4. The van der Waals surface area contributed by atoms with Crippen LogP contribution in [0, 0.1) is 11.6 Å². The molecule has 0 bridgehead atoms. The van der Waals surface area contributed by atoms with Crippen LogP contribution < -0.4 is 5.32 Å². The van der Waals surface area contributed by atoms with Crippen LogP contribution in [0.15, 0.2) is 18.2 Å². The second-order valence-electron chi connectivity index (χ2n) is 3.71. The van der Waals surface area contributed by atoms with Crippen molar-refractivity contribution in [3.63, 3.8) is 0 Å². The molecule has 0 amide bonds. The third-order valence-corrected chi connectivity index (χ3v) is 2.70. The number of nitrogens with one attached hydrogen (secondary N) is 1. The van der Waals surface area contributed by atoms with Gasteiger partial charge in [0.15, 0.2) is 0 Å². The standard InChI is InChI=1S/C11H13F2N/c12-9-3-4-10(11(13)6-9)8-2-1-5-14-7-8/h3-4,6,8,14H,1-2,5,7H2/t8-/m0/s1. The summed E-state index contributed by atoms with van der Waals surface area (Å²) >= 11 is 0. The summed E-state index contributed by atoms with van der Waals surface area (Å²) in [6.45, 7) is 1.79. The van der Waals surface area contributed by atoms with Crippen molar-refractivity contribution in [2.45, 2.75) is 18.8 Å². The van der Waals surface area contributed by atoms with Crippen molar-refractivity contribution in [3.05, 3.63) is 35.4 Å². The fourth-order valence-corrected chi connectivity index (χ4v) is 1.95. The van der Waals surface area contributed by atoms with Gasteiger partial charge in [0.05, 0.1) is 0 Å². The van der Waals surface area contributed by atoms with Gasteiger partial charge in [-0.15, -0.1) is 0 Å². The molecule has 1 aliphatic heterocycles. The minimum absolute atomic E-state index is 0.198. The molecule has 1 fully saturated rings. The Labute approximate surface area is 82.1 Å². The number of halogens is 2. The molecule has 3 heteroatoms. The van der Waals surface area contributed by atoms with E-state index < -0.39 is 11.6 Å². The van der Waals surface area contributed by atoms with Crippen LogP contribution in [0.5, 0.6) is 0 Å². The van der Waals surface area contributed by atoms with E-state index in [2.05, 4.69) is 5.32 Å². The van der Waals surface area contributed by atoms with E-state index in [9.17, 15) is 8.78 Å². The monoisotopic (exact) mass is 197 g/mol. The topological polar surface area (TPSA) is 12.0 Å². The Bertz CT molecular complexity index is 319. The molecular formula is C11H13F2N. The first kappa shape index (κ1) is 9.59. The summed E-state index contributed by atoms with van der Waals surface area (Å²) in [5.41, 5.74) is 0.638. The first-order valence-corrected chi connectivity index (χ1v) is 4.93. The predicted octanol–water partition coefficient (Wildman–Crippen LogP) is 2.43. The van der Waals surface area contributed by atoms with Gasteiger partial charge in [0.1, 0.15) is 11.6 Å². The summed E-state index contributed by atoms with van der Waals surface area (Å²) < 4.78 is 26.0. The molecule has 14 heavy (non-hydrogen) atoms. The van der Waals surface area contributed by atoms with Gasteiger partial charge < -0.3 is 5.32 Å². The number of piperidine rings is 1. The van der Waals surface area contributed by atoms with Gasteiger partial charge in [-0.2, -0.15) is 0 Å². The Kier molecular flexibility index (Phi) is 2.77. The van der Waals surface area contributed by atoms with Crippen LogP contribution in [0.25, 0.3) is 0 Å². The van der Waals surface area contributed by atoms with Crippen LogP contribution in [0.1, 0.15) is 24.3 Å². The van der Waals surface area contributed by atoms with Crippen LogP contribution in [-0.4, -0.2) is 13.1 Å². The molecule has 2 rings (SSSR count). The molecule has 1 atom stereocenters. The molecule has 0 aromatic heterocycles. The molecular weight excluding hydrogens is 184 g/mol. The van der Waals surface area contributed by atoms with Crippen LogP contribution in [0.4, 0.5) is 8.78 Å². The number of hydrogen-bond acceptors (Lipinski definition) is 1. The molecule has 0 aliphatic carbocycles. The molecule has 76 valence electrons.